The maximum Gasteiger partial charge on any atom is 0.209 e. The van der Waals surface area contributed by atoms with Crippen LogP contribution in [0.3, 0.4) is 0 Å². The van der Waals surface area contributed by atoms with E-state index in [1.54, 1.807) is 6.20 Å². The van der Waals surface area contributed by atoms with Crippen molar-refractivity contribution >= 4 is 0 Å². The third-order valence-corrected chi connectivity index (χ3v) is 3.46. The number of morpholine rings is 1. The van der Waals surface area contributed by atoms with Crippen molar-refractivity contribution in [3.05, 3.63) is 42.4 Å². The minimum atomic E-state index is 0.417. The van der Waals surface area contributed by atoms with Crippen LogP contribution in [0.2, 0.25) is 0 Å². The Morgan fingerprint density at radius 2 is 2.16 bits per heavy atom. The normalized spacial score (nSPS) is 20.6. The molecule has 4 nitrogen and oxygen atoms in total. The Balaban J connectivity index is 1.71. The van der Waals surface area contributed by atoms with Crippen LogP contribution in [-0.4, -0.2) is 35.7 Å². The highest BCUT2D eigenvalue weighted by Crippen LogP contribution is 2.21. The van der Waals surface area contributed by atoms with Crippen LogP contribution < -0.4 is 0 Å². The fraction of sp³-hybridized carbons (Fsp3) is 0.400. The van der Waals surface area contributed by atoms with Gasteiger partial charge in [0, 0.05) is 18.2 Å². The molecular formula is C15H18N2O2. The lowest BCUT2D eigenvalue weighted by Crippen LogP contribution is -2.42. The SMILES string of the molecule is C[C@@H]1COCCN1Cc1ncc(-c2ccccc2)o1. The van der Waals surface area contributed by atoms with Gasteiger partial charge >= 0.3 is 0 Å². The van der Waals surface area contributed by atoms with Crippen molar-refractivity contribution in [2.45, 2.75) is 19.5 Å². The summed E-state index contributed by atoms with van der Waals surface area (Å²) in [4.78, 5) is 6.71. The van der Waals surface area contributed by atoms with Crippen molar-refractivity contribution in [1.82, 2.24) is 9.88 Å². The van der Waals surface area contributed by atoms with Crippen molar-refractivity contribution in [1.29, 1.82) is 0 Å². The molecule has 1 fully saturated rings. The van der Waals surface area contributed by atoms with Crippen LogP contribution in [-0.2, 0) is 11.3 Å². The highest BCUT2D eigenvalue weighted by atomic mass is 16.5. The van der Waals surface area contributed by atoms with Gasteiger partial charge in [-0.3, -0.25) is 4.90 Å². The molecular weight excluding hydrogens is 240 g/mol. The van der Waals surface area contributed by atoms with Gasteiger partial charge in [0.05, 0.1) is 26.0 Å². The van der Waals surface area contributed by atoms with Gasteiger partial charge in [0.2, 0.25) is 5.89 Å². The van der Waals surface area contributed by atoms with E-state index in [1.165, 1.54) is 0 Å². The predicted octanol–water partition coefficient (Wildman–Crippen LogP) is 2.56. The van der Waals surface area contributed by atoms with Crippen LogP contribution in [0.15, 0.2) is 40.9 Å². The van der Waals surface area contributed by atoms with Crippen LogP contribution in [0, 0.1) is 0 Å². The largest absolute Gasteiger partial charge is 0.439 e. The lowest BCUT2D eigenvalue weighted by molar-refractivity contribution is -0.00774. The maximum atomic E-state index is 5.83. The van der Waals surface area contributed by atoms with Gasteiger partial charge in [0.1, 0.15) is 0 Å². The van der Waals surface area contributed by atoms with E-state index >= 15 is 0 Å². The zero-order valence-electron chi connectivity index (χ0n) is 11.1. The maximum absolute atomic E-state index is 5.83. The van der Waals surface area contributed by atoms with E-state index < -0.39 is 0 Å². The minimum absolute atomic E-state index is 0.417. The monoisotopic (exact) mass is 258 g/mol. The second-order valence-electron chi connectivity index (χ2n) is 4.88. The van der Waals surface area contributed by atoms with Crippen molar-refractivity contribution in [2.24, 2.45) is 0 Å². The van der Waals surface area contributed by atoms with Crippen molar-refractivity contribution in [3.8, 4) is 11.3 Å². The fourth-order valence-electron chi connectivity index (χ4n) is 2.29. The summed E-state index contributed by atoms with van der Waals surface area (Å²) in [5, 5.41) is 0. The van der Waals surface area contributed by atoms with Gasteiger partial charge in [-0.15, -0.1) is 0 Å². The zero-order valence-corrected chi connectivity index (χ0v) is 11.1. The average Bonchev–Trinajstić information content (AvgIpc) is 2.91. The van der Waals surface area contributed by atoms with Crippen LogP contribution in [0.5, 0.6) is 0 Å². The molecule has 2 aromatic rings. The molecule has 1 saturated heterocycles. The first-order valence-corrected chi connectivity index (χ1v) is 6.65. The van der Waals surface area contributed by atoms with Crippen molar-refractivity contribution < 1.29 is 9.15 Å². The second kappa shape index (κ2) is 5.55. The third-order valence-electron chi connectivity index (χ3n) is 3.46. The smallest absolute Gasteiger partial charge is 0.209 e. The number of rotatable bonds is 3. The van der Waals surface area contributed by atoms with Crippen molar-refractivity contribution in [3.63, 3.8) is 0 Å². The number of aromatic nitrogens is 1. The molecule has 0 spiro atoms. The standard InChI is InChI=1S/C15H18N2O2/c1-12-11-18-8-7-17(12)10-15-16-9-14(19-15)13-5-3-2-4-6-13/h2-6,9,12H,7-8,10-11H2,1H3/t12-/m1/s1. The van der Waals surface area contributed by atoms with E-state index in [-0.39, 0.29) is 0 Å². The molecule has 0 N–H and O–H groups in total. The Hall–Kier alpha value is -1.65. The summed E-state index contributed by atoms with van der Waals surface area (Å²) in [6.45, 7) is 5.42. The van der Waals surface area contributed by atoms with Crippen LogP contribution in [0.25, 0.3) is 11.3 Å². The van der Waals surface area contributed by atoms with E-state index in [2.05, 4.69) is 16.8 Å². The summed E-state index contributed by atoms with van der Waals surface area (Å²) < 4.78 is 11.3. The summed E-state index contributed by atoms with van der Waals surface area (Å²) in [6, 6.07) is 10.5. The first kappa shape index (κ1) is 12.4. The molecule has 0 aliphatic carbocycles. The summed E-state index contributed by atoms with van der Waals surface area (Å²) in [5.74, 6) is 1.60. The second-order valence-corrected chi connectivity index (χ2v) is 4.88. The molecule has 3 rings (SSSR count). The summed E-state index contributed by atoms with van der Waals surface area (Å²) in [7, 11) is 0. The van der Waals surface area contributed by atoms with Crippen LogP contribution in [0.4, 0.5) is 0 Å². The van der Waals surface area contributed by atoms with E-state index in [4.69, 9.17) is 9.15 Å². The molecule has 0 amide bonds. The minimum Gasteiger partial charge on any atom is -0.439 e. The van der Waals surface area contributed by atoms with Gasteiger partial charge in [-0.05, 0) is 6.92 Å². The molecule has 100 valence electrons. The van der Waals surface area contributed by atoms with Gasteiger partial charge in [0.25, 0.3) is 0 Å². The average molecular weight is 258 g/mol. The van der Waals surface area contributed by atoms with Crippen LogP contribution in [0.1, 0.15) is 12.8 Å². The van der Waals surface area contributed by atoms with E-state index in [1.807, 2.05) is 30.3 Å². The molecule has 2 heterocycles. The van der Waals surface area contributed by atoms with E-state index in [0.717, 1.165) is 43.5 Å². The molecule has 1 aromatic carbocycles. The first-order chi connectivity index (χ1) is 9.33. The number of hydrogen-bond acceptors (Lipinski definition) is 4. The molecule has 4 heteroatoms. The van der Waals surface area contributed by atoms with Gasteiger partial charge < -0.3 is 9.15 Å². The summed E-state index contributed by atoms with van der Waals surface area (Å²) >= 11 is 0. The predicted molar refractivity (Wildman–Crippen MR) is 72.6 cm³/mol. The zero-order chi connectivity index (χ0) is 13.1. The van der Waals surface area contributed by atoms with Crippen LogP contribution >= 0.6 is 0 Å². The molecule has 19 heavy (non-hydrogen) atoms. The first-order valence-electron chi connectivity index (χ1n) is 6.65. The van der Waals surface area contributed by atoms with Gasteiger partial charge in [0.15, 0.2) is 5.76 Å². The number of benzene rings is 1. The number of oxazole rings is 1. The lowest BCUT2D eigenvalue weighted by atomic mass is 10.2. The summed E-state index contributed by atoms with van der Waals surface area (Å²) in [5.41, 5.74) is 1.07. The third kappa shape index (κ3) is 2.85. The quantitative estimate of drug-likeness (QED) is 0.848. The Labute approximate surface area is 113 Å². The Morgan fingerprint density at radius 1 is 1.32 bits per heavy atom. The Morgan fingerprint density at radius 3 is 2.95 bits per heavy atom. The molecule has 0 unspecified atom stereocenters. The van der Waals surface area contributed by atoms with Gasteiger partial charge in [-0.2, -0.15) is 0 Å². The molecule has 1 aromatic heterocycles. The molecule has 0 radical (unpaired) electrons. The lowest BCUT2D eigenvalue weighted by Gasteiger charge is -2.31. The highest BCUT2D eigenvalue weighted by molar-refractivity contribution is 5.55. The highest BCUT2D eigenvalue weighted by Gasteiger charge is 2.20. The van der Waals surface area contributed by atoms with Gasteiger partial charge in [-0.25, -0.2) is 4.98 Å². The summed E-state index contributed by atoms with van der Waals surface area (Å²) in [6.07, 6.45) is 1.80. The topological polar surface area (TPSA) is 38.5 Å². The molecule has 0 saturated carbocycles. The molecule has 1 aliphatic heterocycles. The number of hydrogen-bond donors (Lipinski definition) is 0. The number of nitrogens with zero attached hydrogens (tertiary/aromatic N) is 2. The fourth-order valence-corrected chi connectivity index (χ4v) is 2.29. The van der Waals surface area contributed by atoms with E-state index in [9.17, 15) is 0 Å². The molecule has 1 atom stereocenters. The van der Waals surface area contributed by atoms with Gasteiger partial charge in [-0.1, -0.05) is 30.3 Å². The van der Waals surface area contributed by atoms with Crippen molar-refractivity contribution in [2.75, 3.05) is 19.8 Å². The molecule has 1 aliphatic rings. The number of ether oxygens (including phenoxy) is 1. The molecule has 0 bridgehead atoms. The Kier molecular flexibility index (Phi) is 3.62. The Bertz CT molecular complexity index is 524. The van der Waals surface area contributed by atoms with E-state index in [0.29, 0.717) is 6.04 Å².